The van der Waals surface area contributed by atoms with Gasteiger partial charge in [0.1, 0.15) is 0 Å². The monoisotopic (exact) mass is 676 g/mol. The Labute approximate surface area is 309 Å². The molecular weight excluding hydrogens is 641 g/mol. The molecule has 0 saturated heterocycles. The van der Waals surface area contributed by atoms with Crippen molar-refractivity contribution in [2.24, 2.45) is 0 Å². The minimum atomic E-state index is 1.08. The largest absolute Gasteiger partial charge is 0.355 e. The highest BCUT2D eigenvalue weighted by molar-refractivity contribution is 6.13. The van der Waals surface area contributed by atoms with Gasteiger partial charge in [-0.15, -0.1) is 0 Å². The minimum absolute atomic E-state index is 1.08. The summed E-state index contributed by atoms with van der Waals surface area (Å²) in [5, 5.41) is 11.2. The van der Waals surface area contributed by atoms with Crippen LogP contribution in [0.4, 0.5) is 11.4 Å². The molecule has 0 aliphatic rings. The van der Waals surface area contributed by atoms with Gasteiger partial charge in [0.25, 0.3) is 0 Å². The molecule has 9 aromatic carbocycles. The summed E-state index contributed by atoms with van der Waals surface area (Å²) in [6.07, 6.45) is 0. The zero-order chi connectivity index (χ0) is 35.3. The van der Waals surface area contributed by atoms with Crippen molar-refractivity contribution in [1.29, 1.82) is 0 Å². The van der Waals surface area contributed by atoms with Gasteiger partial charge >= 0.3 is 0 Å². The lowest BCUT2D eigenvalue weighted by Crippen LogP contribution is -1.95. The number of para-hydroxylation sites is 3. The molecule has 10 rings (SSSR count). The van der Waals surface area contributed by atoms with E-state index >= 15 is 0 Å². The van der Waals surface area contributed by atoms with Crippen LogP contribution in [0.3, 0.4) is 0 Å². The fourth-order valence-corrected chi connectivity index (χ4v) is 8.15. The summed E-state index contributed by atoms with van der Waals surface area (Å²) in [6, 6.07) is 70.4. The Balaban J connectivity index is 1.10. The van der Waals surface area contributed by atoms with Crippen LogP contribution in [0.1, 0.15) is 5.56 Å². The number of anilines is 2. The number of benzene rings is 9. The van der Waals surface area contributed by atoms with Crippen molar-refractivity contribution >= 4 is 54.7 Å². The molecule has 1 aromatic heterocycles. The van der Waals surface area contributed by atoms with Gasteiger partial charge in [-0.2, -0.15) is 0 Å². The number of aromatic nitrogens is 1. The standard InChI is InChI=1S/C51H36N2/c1-34-25-26-38(32-46(34)44-19-7-9-23-48(44)52-40-29-27-35-13-5-6-14-37(35)31-40)42-21-11-15-36-16-12-22-43(51(36)42)39-28-30-50-47(33-39)45-20-8-10-24-49(45)53(50)41-17-3-2-4-18-41/h2-33,52H,1H3. The van der Waals surface area contributed by atoms with E-state index in [1.165, 1.54) is 88.0 Å². The molecule has 250 valence electrons. The Morgan fingerprint density at radius 1 is 0.396 bits per heavy atom. The van der Waals surface area contributed by atoms with E-state index in [1.807, 2.05) is 0 Å². The third kappa shape index (κ3) is 5.35. The first kappa shape index (κ1) is 30.9. The second-order valence-electron chi connectivity index (χ2n) is 13.9. The molecule has 0 aliphatic carbocycles. The van der Waals surface area contributed by atoms with E-state index in [0.29, 0.717) is 0 Å². The van der Waals surface area contributed by atoms with Crippen molar-refractivity contribution in [3.05, 3.63) is 200 Å². The molecule has 53 heavy (non-hydrogen) atoms. The summed E-state index contributed by atoms with van der Waals surface area (Å²) in [5.41, 5.74) is 14.3. The van der Waals surface area contributed by atoms with Crippen LogP contribution in [0.2, 0.25) is 0 Å². The Bertz CT molecular complexity index is 2980. The molecule has 0 radical (unpaired) electrons. The fourth-order valence-electron chi connectivity index (χ4n) is 8.15. The van der Waals surface area contributed by atoms with Crippen molar-refractivity contribution in [1.82, 2.24) is 4.57 Å². The van der Waals surface area contributed by atoms with Crippen LogP contribution in [-0.2, 0) is 0 Å². The molecule has 0 atom stereocenters. The van der Waals surface area contributed by atoms with Crippen molar-refractivity contribution in [3.63, 3.8) is 0 Å². The van der Waals surface area contributed by atoms with Gasteiger partial charge in [-0.3, -0.25) is 0 Å². The number of nitrogens with one attached hydrogen (secondary N) is 1. The summed E-state index contributed by atoms with van der Waals surface area (Å²) >= 11 is 0. The normalized spacial score (nSPS) is 11.5. The van der Waals surface area contributed by atoms with Gasteiger partial charge in [-0.05, 0) is 116 Å². The van der Waals surface area contributed by atoms with E-state index in [-0.39, 0.29) is 0 Å². The molecule has 0 spiro atoms. The van der Waals surface area contributed by atoms with Gasteiger partial charge in [0.05, 0.1) is 11.0 Å². The predicted octanol–water partition coefficient (Wildman–Crippen LogP) is 14.1. The number of aryl methyl sites for hydroxylation is 1. The third-order valence-corrected chi connectivity index (χ3v) is 10.7. The quantitative estimate of drug-likeness (QED) is 0.185. The predicted molar refractivity (Wildman–Crippen MR) is 227 cm³/mol. The summed E-state index contributed by atoms with van der Waals surface area (Å²) < 4.78 is 2.38. The number of hydrogen-bond acceptors (Lipinski definition) is 1. The second kappa shape index (κ2) is 12.7. The highest BCUT2D eigenvalue weighted by Gasteiger charge is 2.17. The van der Waals surface area contributed by atoms with Crippen LogP contribution < -0.4 is 5.32 Å². The van der Waals surface area contributed by atoms with E-state index in [1.54, 1.807) is 0 Å². The Kier molecular flexibility index (Phi) is 7.40. The number of fused-ring (bicyclic) bond motifs is 5. The molecule has 1 N–H and O–H groups in total. The average molecular weight is 677 g/mol. The molecule has 2 nitrogen and oxygen atoms in total. The second-order valence-corrected chi connectivity index (χ2v) is 13.9. The van der Waals surface area contributed by atoms with E-state index in [9.17, 15) is 0 Å². The smallest absolute Gasteiger partial charge is 0.0541 e. The topological polar surface area (TPSA) is 17.0 Å². The van der Waals surface area contributed by atoms with E-state index in [0.717, 1.165) is 11.4 Å². The van der Waals surface area contributed by atoms with Crippen LogP contribution in [0.25, 0.3) is 82.4 Å². The fraction of sp³-hybridized carbons (Fsp3) is 0.0196. The third-order valence-electron chi connectivity index (χ3n) is 10.7. The summed E-state index contributed by atoms with van der Waals surface area (Å²) in [4.78, 5) is 0. The molecule has 2 heteroatoms. The molecule has 0 fully saturated rings. The lowest BCUT2D eigenvalue weighted by Gasteiger charge is -2.17. The van der Waals surface area contributed by atoms with Crippen molar-refractivity contribution in [2.75, 3.05) is 5.32 Å². The van der Waals surface area contributed by atoms with Crippen LogP contribution >= 0.6 is 0 Å². The lowest BCUT2D eigenvalue weighted by atomic mass is 9.89. The molecule has 0 aliphatic heterocycles. The maximum Gasteiger partial charge on any atom is 0.0541 e. The van der Waals surface area contributed by atoms with Crippen molar-refractivity contribution in [2.45, 2.75) is 6.92 Å². The van der Waals surface area contributed by atoms with Gasteiger partial charge in [0, 0.05) is 33.4 Å². The summed E-state index contributed by atoms with van der Waals surface area (Å²) in [7, 11) is 0. The van der Waals surface area contributed by atoms with E-state index in [2.05, 4.69) is 211 Å². The molecule has 10 aromatic rings. The van der Waals surface area contributed by atoms with Crippen molar-refractivity contribution in [3.8, 4) is 39.1 Å². The van der Waals surface area contributed by atoms with E-state index < -0.39 is 0 Å². The van der Waals surface area contributed by atoms with Gasteiger partial charge in [-0.1, -0.05) is 140 Å². The zero-order valence-electron chi connectivity index (χ0n) is 29.4. The lowest BCUT2D eigenvalue weighted by molar-refractivity contribution is 1.18. The molecule has 1 heterocycles. The Morgan fingerprint density at radius 2 is 1.04 bits per heavy atom. The maximum absolute atomic E-state index is 3.75. The molecule has 0 bridgehead atoms. The Hall–Kier alpha value is -6.90. The first-order valence-electron chi connectivity index (χ1n) is 18.3. The van der Waals surface area contributed by atoms with Gasteiger partial charge in [-0.25, -0.2) is 0 Å². The first-order valence-corrected chi connectivity index (χ1v) is 18.3. The Morgan fingerprint density at radius 3 is 1.89 bits per heavy atom. The zero-order valence-corrected chi connectivity index (χ0v) is 29.4. The highest BCUT2D eigenvalue weighted by atomic mass is 15.0. The van der Waals surface area contributed by atoms with Crippen LogP contribution in [0.5, 0.6) is 0 Å². The minimum Gasteiger partial charge on any atom is -0.355 e. The summed E-state index contributed by atoms with van der Waals surface area (Å²) in [6.45, 7) is 2.21. The maximum atomic E-state index is 3.75. The van der Waals surface area contributed by atoms with Gasteiger partial charge < -0.3 is 9.88 Å². The summed E-state index contributed by atoms with van der Waals surface area (Å²) in [5.74, 6) is 0. The number of hydrogen-bond donors (Lipinski definition) is 1. The van der Waals surface area contributed by atoms with Crippen LogP contribution in [0.15, 0.2) is 194 Å². The van der Waals surface area contributed by atoms with Gasteiger partial charge in [0.15, 0.2) is 0 Å². The SMILES string of the molecule is Cc1ccc(-c2cccc3cccc(-c4ccc5c(c4)c4ccccc4n5-c4ccccc4)c23)cc1-c1ccccc1Nc1ccc2ccccc2c1. The average Bonchev–Trinajstić information content (AvgIpc) is 3.55. The number of rotatable bonds is 6. The van der Waals surface area contributed by atoms with Crippen molar-refractivity contribution < 1.29 is 0 Å². The molecule has 0 saturated carbocycles. The molecule has 0 amide bonds. The van der Waals surface area contributed by atoms with E-state index in [4.69, 9.17) is 0 Å². The molecule has 0 unspecified atom stereocenters. The molecular formula is C51H36N2. The van der Waals surface area contributed by atoms with Crippen LogP contribution in [-0.4, -0.2) is 4.57 Å². The first-order chi connectivity index (χ1) is 26.2. The number of nitrogens with zero attached hydrogens (tertiary/aromatic N) is 1. The van der Waals surface area contributed by atoms with Gasteiger partial charge in [0.2, 0.25) is 0 Å². The van der Waals surface area contributed by atoms with Crippen LogP contribution in [0, 0.1) is 6.92 Å². The highest BCUT2D eigenvalue weighted by Crippen LogP contribution is 2.42.